The largest absolute Gasteiger partial charge is 0.453 e. The number of para-hydroxylation sites is 1. The van der Waals surface area contributed by atoms with E-state index in [0.717, 1.165) is 76.9 Å². The lowest BCUT2D eigenvalue weighted by molar-refractivity contribution is 0.0863. The molecule has 31 heavy (non-hydrogen) atoms. The first-order valence-corrected chi connectivity index (χ1v) is 11.6. The second-order valence-electron chi connectivity index (χ2n) is 9.49. The highest BCUT2D eigenvalue weighted by Gasteiger charge is 2.47. The van der Waals surface area contributed by atoms with Crippen LogP contribution in [-0.2, 0) is 10.2 Å². The van der Waals surface area contributed by atoms with Crippen LogP contribution in [0.2, 0.25) is 0 Å². The second-order valence-corrected chi connectivity index (χ2v) is 9.49. The van der Waals surface area contributed by atoms with Crippen molar-refractivity contribution < 1.29 is 14.3 Å². The lowest BCUT2D eigenvalue weighted by Crippen LogP contribution is -2.50. The standard InChI is InChI=1S/C24H36N4O3/c1-25(2)22(29)28-18-24(20-10-4-5-11-21(20)28)12-16-26(17-13-24)19-8-6-14-27(15-7-9-19)23(30)31-3/h4-5,10-11,19H,6-9,12-18H2,1-3H3. The summed E-state index contributed by atoms with van der Waals surface area (Å²) in [5.74, 6) is 0. The molecule has 0 unspecified atom stereocenters. The second kappa shape index (κ2) is 9.07. The van der Waals surface area contributed by atoms with Crippen LogP contribution < -0.4 is 4.90 Å². The van der Waals surface area contributed by atoms with Crippen LogP contribution in [0.5, 0.6) is 0 Å². The smallest absolute Gasteiger partial charge is 0.409 e. The number of likely N-dealkylation sites (tertiary alicyclic amines) is 2. The molecular formula is C24H36N4O3. The van der Waals surface area contributed by atoms with E-state index in [4.69, 9.17) is 4.74 Å². The molecule has 4 rings (SSSR count). The van der Waals surface area contributed by atoms with Crippen molar-refractivity contribution in [3.63, 3.8) is 0 Å². The molecule has 0 bridgehead atoms. The molecule has 1 aromatic carbocycles. The van der Waals surface area contributed by atoms with Gasteiger partial charge in [-0.3, -0.25) is 4.90 Å². The minimum absolute atomic E-state index is 0.0712. The van der Waals surface area contributed by atoms with Gasteiger partial charge in [-0.05, 0) is 63.2 Å². The number of piperidine rings is 1. The Hall–Kier alpha value is -2.28. The van der Waals surface area contributed by atoms with E-state index in [1.165, 1.54) is 12.7 Å². The van der Waals surface area contributed by atoms with Crippen molar-refractivity contribution in [3.05, 3.63) is 29.8 Å². The summed E-state index contributed by atoms with van der Waals surface area (Å²) in [5.41, 5.74) is 2.50. The zero-order valence-electron chi connectivity index (χ0n) is 19.2. The Labute approximate surface area is 185 Å². The van der Waals surface area contributed by atoms with E-state index in [1.807, 2.05) is 30.0 Å². The highest BCUT2D eigenvalue weighted by Crippen LogP contribution is 2.47. The van der Waals surface area contributed by atoms with E-state index < -0.39 is 0 Å². The molecule has 0 radical (unpaired) electrons. The van der Waals surface area contributed by atoms with Gasteiger partial charge >= 0.3 is 12.1 Å². The predicted octanol–water partition coefficient (Wildman–Crippen LogP) is 3.53. The quantitative estimate of drug-likeness (QED) is 0.687. The molecule has 1 aromatic rings. The molecule has 2 fully saturated rings. The van der Waals surface area contributed by atoms with Crippen molar-refractivity contribution >= 4 is 17.8 Å². The summed E-state index contributed by atoms with van der Waals surface area (Å²) in [5, 5.41) is 0. The van der Waals surface area contributed by atoms with Crippen LogP contribution in [0.4, 0.5) is 15.3 Å². The van der Waals surface area contributed by atoms with Crippen molar-refractivity contribution in [1.29, 1.82) is 0 Å². The molecule has 7 nitrogen and oxygen atoms in total. The number of urea groups is 1. The maximum Gasteiger partial charge on any atom is 0.409 e. The van der Waals surface area contributed by atoms with E-state index in [0.29, 0.717) is 6.04 Å². The number of rotatable bonds is 1. The van der Waals surface area contributed by atoms with E-state index in [2.05, 4.69) is 23.1 Å². The van der Waals surface area contributed by atoms with Gasteiger partial charge in [-0.25, -0.2) is 9.59 Å². The molecule has 3 heterocycles. The molecule has 0 aromatic heterocycles. The number of amides is 3. The lowest BCUT2D eigenvalue weighted by atomic mass is 9.74. The number of nitrogens with zero attached hydrogens (tertiary/aromatic N) is 4. The summed E-state index contributed by atoms with van der Waals surface area (Å²) in [6.45, 7) is 4.51. The van der Waals surface area contributed by atoms with Gasteiger partial charge in [0.2, 0.25) is 0 Å². The van der Waals surface area contributed by atoms with Gasteiger partial charge in [0.15, 0.2) is 0 Å². The fourth-order valence-corrected chi connectivity index (χ4v) is 5.76. The van der Waals surface area contributed by atoms with Gasteiger partial charge in [0, 0.05) is 50.9 Å². The first-order valence-electron chi connectivity index (χ1n) is 11.6. The number of anilines is 1. The summed E-state index contributed by atoms with van der Waals surface area (Å²) in [7, 11) is 5.12. The zero-order valence-corrected chi connectivity index (χ0v) is 19.2. The monoisotopic (exact) mass is 428 g/mol. The Bertz CT molecular complexity index is 794. The van der Waals surface area contributed by atoms with Crippen molar-refractivity contribution in [2.24, 2.45) is 0 Å². The summed E-state index contributed by atoms with van der Waals surface area (Å²) >= 11 is 0. The molecule has 0 saturated carbocycles. The molecule has 3 aliphatic rings. The third kappa shape index (κ3) is 4.25. The van der Waals surface area contributed by atoms with Crippen LogP contribution in [0.3, 0.4) is 0 Å². The van der Waals surface area contributed by atoms with Crippen LogP contribution in [0.15, 0.2) is 24.3 Å². The van der Waals surface area contributed by atoms with E-state index in [9.17, 15) is 9.59 Å². The SMILES string of the molecule is COC(=O)N1CCCC(N2CCC3(CC2)CN(C(=O)N(C)C)c2ccccc23)CCC1. The van der Waals surface area contributed by atoms with E-state index in [1.54, 1.807) is 4.90 Å². The van der Waals surface area contributed by atoms with Gasteiger partial charge in [-0.2, -0.15) is 0 Å². The number of methoxy groups -OCH3 is 1. The molecule has 0 atom stereocenters. The number of fused-ring (bicyclic) bond motifs is 2. The normalized spacial score (nSPS) is 22.0. The molecule has 3 aliphatic heterocycles. The number of benzene rings is 1. The van der Waals surface area contributed by atoms with Crippen LogP contribution in [-0.4, -0.2) is 86.8 Å². The summed E-state index contributed by atoms with van der Waals surface area (Å²) in [6.07, 6.45) is 6.28. The van der Waals surface area contributed by atoms with Crippen molar-refractivity contribution in [1.82, 2.24) is 14.7 Å². The van der Waals surface area contributed by atoms with Crippen molar-refractivity contribution in [2.75, 3.05) is 58.8 Å². The molecule has 170 valence electrons. The average molecular weight is 429 g/mol. The van der Waals surface area contributed by atoms with Gasteiger partial charge in [0.1, 0.15) is 0 Å². The maximum absolute atomic E-state index is 12.8. The van der Waals surface area contributed by atoms with Crippen LogP contribution in [0.1, 0.15) is 44.1 Å². The van der Waals surface area contributed by atoms with Gasteiger partial charge in [0.05, 0.1) is 7.11 Å². The Morgan fingerprint density at radius 2 is 1.68 bits per heavy atom. The molecule has 3 amide bonds. The average Bonchev–Trinajstić information content (AvgIpc) is 3.07. The Kier molecular flexibility index (Phi) is 6.42. The lowest BCUT2D eigenvalue weighted by Gasteiger charge is -2.44. The highest BCUT2D eigenvalue weighted by molar-refractivity contribution is 5.95. The van der Waals surface area contributed by atoms with Gasteiger partial charge < -0.3 is 19.4 Å². The topological polar surface area (TPSA) is 56.3 Å². The van der Waals surface area contributed by atoms with E-state index >= 15 is 0 Å². The first-order chi connectivity index (χ1) is 14.9. The number of ether oxygens (including phenoxy) is 1. The summed E-state index contributed by atoms with van der Waals surface area (Å²) in [6, 6.07) is 9.13. The molecule has 7 heteroatoms. The van der Waals surface area contributed by atoms with Gasteiger partial charge in [-0.15, -0.1) is 0 Å². The van der Waals surface area contributed by atoms with E-state index in [-0.39, 0.29) is 17.5 Å². The maximum atomic E-state index is 12.8. The fourth-order valence-electron chi connectivity index (χ4n) is 5.76. The first kappa shape index (κ1) is 21.9. The van der Waals surface area contributed by atoms with Gasteiger partial charge in [0.25, 0.3) is 0 Å². The number of carbonyl (C=O) groups is 2. The number of hydrogen-bond donors (Lipinski definition) is 0. The zero-order chi connectivity index (χ0) is 22.0. The van der Waals surface area contributed by atoms with Crippen molar-refractivity contribution in [2.45, 2.75) is 50.0 Å². The summed E-state index contributed by atoms with van der Waals surface area (Å²) in [4.78, 5) is 32.8. The van der Waals surface area contributed by atoms with Gasteiger partial charge in [-0.1, -0.05) is 18.2 Å². The molecule has 2 saturated heterocycles. The molecule has 1 spiro atoms. The molecule has 0 N–H and O–H groups in total. The minimum atomic E-state index is -0.199. The van der Waals surface area contributed by atoms with Crippen molar-refractivity contribution in [3.8, 4) is 0 Å². The minimum Gasteiger partial charge on any atom is -0.453 e. The molecular weight excluding hydrogens is 392 g/mol. The molecule has 0 aliphatic carbocycles. The Balaban J connectivity index is 1.40. The summed E-state index contributed by atoms with van der Waals surface area (Å²) < 4.78 is 4.90. The Morgan fingerprint density at radius 3 is 2.29 bits per heavy atom. The highest BCUT2D eigenvalue weighted by atomic mass is 16.5. The number of hydrogen-bond acceptors (Lipinski definition) is 4. The predicted molar refractivity (Wildman–Crippen MR) is 122 cm³/mol. The van der Waals surface area contributed by atoms with Crippen LogP contribution in [0, 0.1) is 0 Å². The van der Waals surface area contributed by atoms with Crippen LogP contribution in [0.25, 0.3) is 0 Å². The fraction of sp³-hybridized carbons (Fsp3) is 0.667. The third-order valence-corrected chi connectivity index (χ3v) is 7.48. The third-order valence-electron chi connectivity index (χ3n) is 7.48. The number of carbonyl (C=O) groups excluding carboxylic acids is 2. The Morgan fingerprint density at radius 1 is 1.03 bits per heavy atom. The van der Waals surface area contributed by atoms with Crippen LogP contribution >= 0.6 is 0 Å².